The number of methoxy groups -OCH3 is 1. The van der Waals surface area contributed by atoms with Crippen LogP contribution in [0.1, 0.15) is 18.1 Å². The highest BCUT2D eigenvalue weighted by molar-refractivity contribution is 8.00. The first-order valence-electron chi connectivity index (χ1n) is 7.22. The molecule has 0 aliphatic carbocycles. The Morgan fingerprint density at radius 2 is 1.95 bits per heavy atom. The number of thioether (sulfide) groups is 1. The van der Waals surface area contributed by atoms with Crippen molar-refractivity contribution in [2.24, 2.45) is 0 Å². The van der Waals surface area contributed by atoms with Gasteiger partial charge in [-0.2, -0.15) is 0 Å². The van der Waals surface area contributed by atoms with E-state index < -0.39 is 0 Å². The number of hydrogen-bond donors (Lipinski definition) is 1. The first kappa shape index (κ1) is 16.4. The van der Waals surface area contributed by atoms with Gasteiger partial charge >= 0.3 is 0 Å². The lowest BCUT2D eigenvalue weighted by Crippen LogP contribution is -2.30. The molecule has 1 unspecified atom stereocenters. The fourth-order valence-electron chi connectivity index (χ4n) is 1.97. The number of ether oxygens (including phenoxy) is 1. The van der Waals surface area contributed by atoms with E-state index in [9.17, 15) is 4.79 Å². The van der Waals surface area contributed by atoms with Crippen LogP contribution >= 0.6 is 11.8 Å². The summed E-state index contributed by atoms with van der Waals surface area (Å²) in [7, 11) is 1.64. The van der Waals surface area contributed by atoms with E-state index in [0.717, 1.165) is 16.2 Å². The van der Waals surface area contributed by atoms with Crippen molar-refractivity contribution >= 4 is 17.7 Å². The molecule has 22 heavy (non-hydrogen) atoms. The van der Waals surface area contributed by atoms with Crippen LogP contribution in [0.4, 0.5) is 0 Å². The van der Waals surface area contributed by atoms with Gasteiger partial charge in [-0.15, -0.1) is 11.8 Å². The Bertz CT molecular complexity index is 625. The second kappa shape index (κ2) is 7.90. The van der Waals surface area contributed by atoms with Crippen LogP contribution in [0.3, 0.4) is 0 Å². The molecular weight excluding hydrogens is 294 g/mol. The molecule has 0 aromatic heterocycles. The summed E-state index contributed by atoms with van der Waals surface area (Å²) >= 11 is 1.53. The van der Waals surface area contributed by atoms with E-state index in [2.05, 4.69) is 24.4 Å². The largest absolute Gasteiger partial charge is 0.497 e. The lowest BCUT2D eigenvalue weighted by atomic mass is 10.1. The van der Waals surface area contributed by atoms with Crippen LogP contribution in [0.2, 0.25) is 0 Å². The van der Waals surface area contributed by atoms with E-state index in [1.807, 2.05) is 43.3 Å². The third-order valence-corrected chi connectivity index (χ3v) is 4.40. The van der Waals surface area contributed by atoms with Crippen molar-refractivity contribution in [2.45, 2.75) is 30.5 Å². The summed E-state index contributed by atoms with van der Waals surface area (Å²) in [6.45, 7) is 4.52. The monoisotopic (exact) mass is 315 g/mol. The number of amides is 1. The highest BCUT2D eigenvalue weighted by Gasteiger charge is 2.14. The Hall–Kier alpha value is -1.94. The third-order valence-electron chi connectivity index (χ3n) is 3.31. The number of benzene rings is 2. The Kier molecular flexibility index (Phi) is 5.90. The number of rotatable bonds is 6. The SMILES string of the molecule is COc1cccc(SC(C)C(=O)NCc2ccc(C)cc2)c1. The van der Waals surface area contributed by atoms with Crippen LogP contribution in [0.25, 0.3) is 0 Å². The molecule has 4 heteroatoms. The Balaban J connectivity index is 1.87. The van der Waals surface area contributed by atoms with Crippen LogP contribution in [-0.2, 0) is 11.3 Å². The van der Waals surface area contributed by atoms with Crippen molar-refractivity contribution in [3.8, 4) is 5.75 Å². The predicted molar refractivity (Wildman–Crippen MR) is 91.3 cm³/mol. The number of carbonyl (C=O) groups excluding carboxylic acids is 1. The zero-order valence-electron chi connectivity index (χ0n) is 13.1. The molecule has 3 nitrogen and oxygen atoms in total. The quantitative estimate of drug-likeness (QED) is 0.824. The molecule has 1 amide bonds. The average molecular weight is 315 g/mol. The summed E-state index contributed by atoms with van der Waals surface area (Å²) in [4.78, 5) is 13.2. The zero-order chi connectivity index (χ0) is 15.9. The maximum absolute atomic E-state index is 12.2. The van der Waals surface area contributed by atoms with E-state index in [4.69, 9.17) is 4.74 Å². The molecule has 0 aliphatic heterocycles. The molecule has 0 radical (unpaired) electrons. The maximum Gasteiger partial charge on any atom is 0.233 e. The van der Waals surface area contributed by atoms with E-state index in [0.29, 0.717) is 6.54 Å². The molecule has 0 aliphatic rings. The molecule has 0 bridgehead atoms. The van der Waals surface area contributed by atoms with E-state index in [-0.39, 0.29) is 11.2 Å². The van der Waals surface area contributed by atoms with Crippen LogP contribution in [0, 0.1) is 6.92 Å². The van der Waals surface area contributed by atoms with Crippen LogP contribution in [0.5, 0.6) is 5.75 Å². The van der Waals surface area contributed by atoms with Crippen LogP contribution in [0.15, 0.2) is 53.4 Å². The van der Waals surface area contributed by atoms with Crippen molar-refractivity contribution in [3.63, 3.8) is 0 Å². The normalized spacial score (nSPS) is 11.8. The van der Waals surface area contributed by atoms with Crippen molar-refractivity contribution < 1.29 is 9.53 Å². The lowest BCUT2D eigenvalue weighted by molar-refractivity contribution is -0.120. The second-order valence-corrected chi connectivity index (χ2v) is 6.56. The van der Waals surface area contributed by atoms with Crippen molar-refractivity contribution in [1.29, 1.82) is 0 Å². The van der Waals surface area contributed by atoms with Gasteiger partial charge in [0.05, 0.1) is 12.4 Å². The fourth-order valence-corrected chi connectivity index (χ4v) is 2.91. The van der Waals surface area contributed by atoms with Gasteiger partial charge in [-0.3, -0.25) is 4.79 Å². The third kappa shape index (κ3) is 4.81. The van der Waals surface area contributed by atoms with Gasteiger partial charge in [-0.05, 0) is 37.6 Å². The van der Waals surface area contributed by atoms with Crippen molar-refractivity contribution in [1.82, 2.24) is 5.32 Å². The van der Waals surface area contributed by atoms with Crippen molar-refractivity contribution in [2.75, 3.05) is 7.11 Å². The maximum atomic E-state index is 12.2. The van der Waals surface area contributed by atoms with Gasteiger partial charge in [0.25, 0.3) is 0 Å². The number of carbonyl (C=O) groups is 1. The molecule has 2 aromatic carbocycles. The summed E-state index contributed by atoms with van der Waals surface area (Å²) in [6.07, 6.45) is 0. The predicted octanol–water partition coefficient (Wildman–Crippen LogP) is 3.80. The van der Waals surface area contributed by atoms with Gasteiger partial charge in [-0.25, -0.2) is 0 Å². The summed E-state index contributed by atoms with van der Waals surface area (Å²) in [5, 5.41) is 2.82. The molecule has 0 heterocycles. The molecule has 116 valence electrons. The smallest absolute Gasteiger partial charge is 0.233 e. The summed E-state index contributed by atoms with van der Waals surface area (Å²) in [6, 6.07) is 15.9. The number of aryl methyl sites for hydroxylation is 1. The molecule has 1 atom stereocenters. The molecule has 0 saturated carbocycles. The van der Waals surface area contributed by atoms with Gasteiger partial charge < -0.3 is 10.1 Å². The topological polar surface area (TPSA) is 38.3 Å². The van der Waals surface area contributed by atoms with E-state index in [1.54, 1.807) is 7.11 Å². The Labute approximate surface area is 136 Å². The fraction of sp³-hybridized carbons (Fsp3) is 0.278. The summed E-state index contributed by atoms with van der Waals surface area (Å²) in [5.74, 6) is 0.839. The number of hydrogen-bond acceptors (Lipinski definition) is 3. The van der Waals surface area contributed by atoms with E-state index >= 15 is 0 Å². The summed E-state index contributed by atoms with van der Waals surface area (Å²) < 4.78 is 5.20. The van der Waals surface area contributed by atoms with Crippen LogP contribution in [-0.4, -0.2) is 18.3 Å². The molecule has 1 N–H and O–H groups in total. The lowest BCUT2D eigenvalue weighted by Gasteiger charge is -2.12. The minimum Gasteiger partial charge on any atom is -0.497 e. The minimum atomic E-state index is -0.155. The average Bonchev–Trinajstić information content (AvgIpc) is 2.54. The zero-order valence-corrected chi connectivity index (χ0v) is 13.9. The molecule has 2 aromatic rings. The van der Waals surface area contributed by atoms with Gasteiger partial charge in [-0.1, -0.05) is 35.9 Å². The molecule has 2 rings (SSSR count). The first-order chi connectivity index (χ1) is 10.6. The Morgan fingerprint density at radius 1 is 1.23 bits per heavy atom. The molecule has 0 saturated heterocycles. The molecule has 0 fully saturated rings. The van der Waals surface area contributed by atoms with Crippen LogP contribution < -0.4 is 10.1 Å². The Morgan fingerprint density at radius 3 is 2.64 bits per heavy atom. The second-order valence-electron chi connectivity index (χ2n) is 5.14. The first-order valence-corrected chi connectivity index (χ1v) is 8.10. The van der Waals surface area contributed by atoms with Gasteiger partial charge in [0, 0.05) is 11.4 Å². The van der Waals surface area contributed by atoms with Gasteiger partial charge in [0.15, 0.2) is 0 Å². The minimum absolute atomic E-state index is 0.0356. The molecular formula is C18H21NO2S. The van der Waals surface area contributed by atoms with E-state index in [1.165, 1.54) is 17.3 Å². The summed E-state index contributed by atoms with van der Waals surface area (Å²) in [5.41, 5.74) is 2.33. The van der Waals surface area contributed by atoms with Gasteiger partial charge in [0.2, 0.25) is 5.91 Å². The standard InChI is InChI=1S/C18H21NO2S/c1-13-7-9-15(10-8-13)12-19-18(20)14(2)22-17-6-4-5-16(11-17)21-3/h4-11,14H,12H2,1-3H3,(H,19,20). The molecule has 0 spiro atoms. The van der Waals surface area contributed by atoms with Crippen molar-refractivity contribution in [3.05, 3.63) is 59.7 Å². The highest BCUT2D eigenvalue weighted by Crippen LogP contribution is 2.26. The highest BCUT2D eigenvalue weighted by atomic mass is 32.2. The number of nitrogens with one attached hydrogen (secondary N) is 1. The van der Waals surface area contributed by atoms with Gasteiger partial charge in [0.1, 0.15) is 5.75 Å².